The molecule has 1 N–H and O–H groups in total. The average molecular weight is 332 g/mol. The van der Waals surface area contributed by atoms with Crippen LogP contribution in [0.25, 0.3) is 0 Å². The summed E-state index contributed by atoms with van der Waals surface area (Å²) in [6.45, 7) is 2.40. The molecule has 0 radical (unpaired) electrons. The van der Waals surface area contributed by atoms with E-state index in [1.54, 1.807) is 6.92 Å². The maximum Gasteiger partial charge on any atom is 0.340 e. The number of nitrogens with one attached hydrogen (secondary N) is 1. The van der Waals surface area contributed by atoms with Crippen molar-refractivity contribution in [2.45, 2.75) is 32.5 Å². The van der Waals surface area contributed by atoms with Gasteiger partial charge < -0.3 is 19.3 Å². The zero-order chi connectivity index (χ0) is 16.9. The van der Waals surface area contributed by atoms with Gasteiger partial charge in [0.25, 0.3) is 11.8 Å². The molecule has 3 rings (SSSR count). The van der Waals surface area contributed by atoms with Crippen LogP contribution in [0.1, 0.15) is 34.9 Å². The van der Waals surface area contributed by atoms with E-state index < -0.39 is 12.1 Å². The van der Waals surface area contributed by atoms with Crippen molar-refractivity contribution in [3.8, 4) is 5.88 Å². The summed E-state index contributed by atoms with van der Waals surface area (Å²) in [7, 11) is 0. The third-order valence-corrected chi connectivity index (χ3v) is 3.37. The number of esters is 1. The summed E-state index contributed by atoms with van der Waals surface area (Å²) in [5.74, 6) is 0.298. The second-order valence-electron chi connectivity index (χ2n) is 5.24. The standard InChI is InChI=1S/C15H16N4O5/c1-9-18-13(24-19-9)8-22-12-5-4-10(7-17-12)15(21)23-11-3-2-6-16-14(11)20/h4-5,7,11H,2-3,6,8H2,1H3,(H,16,20). The van der Waals surface area contributed by atoms with Crippen LogP contribution in [-0.4, -0.2) is 39.6 Å². The Bertz CT molecular complexity index is 728. The number of hydrogen-bond donors (Lipinski definition) is 1. The maximum atomic E-state index is 12.0. The lowest BCUT2D eigenvalue weighted by Gasteiger charge is -2.21. The van der Waals surface area contributed by atoms with Crippen molar-refractivity contribution in [2.24, 2.45) is 0 Å². The third kappa shape index (κ3) is 3.86. The highest BCUT2D eigenvalue weighted by Gasteiger charge is 2.26. The van der Waals surface area contributed by atoms with E-state index in [0.717, 1.165) is 6.42 Å². The number of rotatable bonds is 5. The average Bonchev–Trinajstić information content (AvgIpc) is 3.01. The van der Waals surface area contributed by atoms with Gasteiger partial charge in [0.2, 0.25) is 5.88 Å². The summed E-state index contributed by atoms with van der Waals surface area (Å²) in [4.78, 5) is 31.6. The number of pyridine rings is 1. The lowest BCUT2D eigenvalue weighted by Crippen LogP contribution is -2.42. The molecule has 0 aromatic carbocycles. The van der Waals surface area contributed by atoms with E-state index in [9.17, 15) is 9.59 Å². The van der Waals surface area contributed by atoms with E-state index in [2.05, 4.69) is 20.4 Å². The predicted octanol–water partition coefficient (Wildman–Crippen LogP) is 0.787. The fraction of sp³-hybridized carbons (Fsp3) is 0.400. The van der Waals surface area contributed by atoms with Gasteiger partial charge in [-0.1, -0.05) is 5.16 Å². The number of piperidine rings is 1. The quantitative estimate of drug-likeness (QED) is 0.799. The molecule has 1 aliphatic heterocycles. The molecule has 1 saturated heterocycles. The monoisotopic (exact) mass is 332 g/mol. The van der Waals surface area contributed by atoms with Crippen molar-refractivity contribution in [3.63, 3.8) is 0 Å². The molecule has 9 nitrogen and oxygen atoms in total. The molecular weight excluding hydrogens is 316 g/mol. The largest absolute Gasteiger partial charge is 0.468 e. The minimum absolute atomic E-state index is 0.0832. The van der Waals surface area contributed by atoms with Crippen LogP contribution in [-0.2, 0) is 16.1 Å². The zero-order valence-electron chi connectivity index (χ0n) is 13.0. The summed E-state index contributed by atoms with van der Waals surface area (Å²) in [5, 5.41) is 6.31. The third-order valence-electron chi connectivity index (χ3n) is 3.37. The van der Waals surface area contributed by atoms with Crippen LogP contribution in [0.5, 0.6) is 5.88 Å². The smallest absolute Gasteiger partial charge is 0.340 e. The normalized spacial score (nSPS) is 17.2. The summed E-state index contributed by atoms with van der Waals surface area (Å²) >= 11 is 0. The maximum absolute atomic E-state index is 12.0. The summed E-state index contributed by atoms with van der Waals surface area (Å²) in [5.41, 5.74) is 0.245. The highest BCUT2D eigenvalue weighted by molar-refractivity contribution is 5.92. The number of ether oxygens (including phenoxy) is 2. The molecule has 0 spiro atoms. The second kappa shape index (κ2) is 7.07. The van der Waals surface area contributed by atoms with Gasteiger partial charge in [-0.3, -0.25) is 4.79 Å². The van der Waals surface area contributed by atoms with Crippen LogP contribution in [0.2, 0.25) is 0 Å². The summed E-state index contributed by atoms with van der Waals surface area (Å²) in [6, 6.07) is 3.05. The van der Waals surface area contributed by atoms with Gasteiger partial charge in [-0.05, 0) is 25.8 Å². The van der Waals surface area contributed by atoms with Gasteiger partial charge in [-0.15, -0.1) is 0 Å². The molecule has 1 atom stereocenters. The first-order valence-corrected chi connectivity index (χ1v) is 7.48. The first kappa shape index (κ1) is 15.9. The Kier molecular flexibility index (Phi) is 4.69. The number of nitrogens with zero attached hydrogens (tertiary/aromatic N) is 3. The van der Waals surface area contributed by atoms with Gasteiger partial charge in [-0.2, -0.15) is 4.98 Å². The molecule has 0 saturated carbocycles. The molecule has 2 aromatic rings. The Morgan fingerprint density at radius 2 is 2.33 bits per heavy atom. The Balaban J connectivity index is 1.55. The molecule has 1 aliphatic rings. The van der Waals surface area contributed by atoms with Crippen LogP contribution in [0.15, 0.2) is 22.9 Å². The number of amides is 1. The van der Waals surface area contributed by atoms with Crippen molar-refractivity contribution >= 4 is 11.9 Å². The van der Waals surface area contributed by atoms with Gasteiger partial charge in [-0.25, -0.2) is 9.78 Å². The van der Waals surface area contributed by atoms with Crippen molar-refractivity contribution in [3.05, 3.63) is 35.6 Å². The lowest BCUT2D eigenvalue weighted by molar-refractivity contribution is -0.132. The van der Waals surface area contributed by atoms with E-state index in [-0.39, 0.29) is 18.1 Å². The number of carbonyl (C=O) groups is 2. The Morgan fingerprint density at radius 1 is 1.46 bits per heavy atom. The van der Waals surface area contributed by atoms with E-state index in [1.807, 2.05) is 0 Å². The van der Waals surface area contributed by atoms with E-state index in [0.29, 0.717) is 30.6 Å². The van der Waals surface area contributed by atoms with Gasteiger partial charge in [0.1, 0.15) is 0 Å². The molecule has 1 unspecified atom stereocenters. The van der Waals surface area contributed by atoms with Crippen LogP contribution < -0.4 is 10.1 Å². The molecule has 24 heavy (non-hydrogen) atoms. The fourth-order valence-corrected chi connectivity index (χ4v) is 2.17. The molecule has 1 fully saturated rings. The molecular formula is C15H16N4O5. The van der Waals surface area contributed by atoms with Crippen LogP contribution in [0.4, 0.5) is 0 Å². The minimum Gasteiger partial charge on any atom is -0.468 e. The first-order valence-electron chi connectivity index (χ1n) is 7.48. The van der Waals surface area contributed by atoms with Crippen molar-refractivity contribution in [2.75, 3.05) is 6.54 Å². The van der Waals surface area contributed by atoms with Gasteiger partial charge in [0, 0.05) is 18.8 Å². The number of hydrogen-bond acceptors (Lipinski definition) is 8. The highest BCUT2D eigenvalue weighted by atomic mass is 16.5. The molecule has 9 heteroatoms. The predicted molar refractivity (Wildman–Crippen MR) is 79.1 cm³/mol. The van der Waals surface area contributed by atoms with Crippen LogP contribution in [0.3, 0.4) is 0 Å². The molecule has 2 aromatic heterocycles. The Hall–Kier alpha value is -2.97. The Morgan fingerprint density at radius 3 is 3.00 bits per heavy atom. The second-order valence-corrected chi connectivity index (χ2v) is 5.24. The number of carbonyl (C=O) groups excluding carboxylic acids is 2. The SMILES string of the molecule is Cc1noc(COc2ccc(C(=O)OC3CCCNC3=O)cn2)n1. The van der Waals surface area contributed by atoms with E-state index in [4.69, 9.17) is 14.0 Å². The van der Waals surface area contributed by atoms with Gasteiger partial charge in [0.15, 0.2) is 18.5 Å². The molecule has 1 amide bonds. The molecule has 3 heterocycles. The molecule has 0 aliphatic carbocycles. The van der Waals surface area contributed by atoms with Crippen molar-refractivity contribution in [1.29, 1.82) is 0 Å². The van der Waals surface area contributed by atoms with Gasteiger partial charge >= 0.3 is 5.97 Å². The van der Waals surface area contributed by atoms with Crippen molar-refractivity contribution < 1.29 is 23.6 Å². The highest BCUT2D eigenvalue weighted by Crippen LogP contribution is 2.14. The van der Waals surface area contributed by atoms with Gasteiger partial charge in [0.05, 0.1) is 5.56 Å². The van der Waals surface area contributed by atoms with Crippen LogP contribution >= 0.6 is 0 Å². The van der Waals surface area contributed by atoms with Crippen molar-refractivity contribution in [1.82, 2.24) is 20.4 Å². The summed E-state index contributed by atoms with van der Waals surface area (Å²) < 4.78 is 15.5. The van der Waals surface area contributed by atoms with E-state index in [1.165, 1.54) is 18.3 Å². The summed E-state index contributed by atoms with van der Waals surface area (Å²) in [6.07, 6.45) is 1.89. The number of aryl methyl sites for hydroxylation is 1. The van der Waals surface area contributed by atoms with E-state index >= 15 is 0 Å². The fourth-order valence-electron chi connectivity index (χ4n) is 2.17. The lowest BCUT2D eigenvalue weighted by atomic mass is 10.1. The zero-order valence-corrected chi connectivity index (χ0v) is 13.0. The Labute approximate surface area is 137 Å². The molecule has 126 valence electrons. The number of aromatic nitrogens is 3. The van der Waals surface area contributed by atoms with Crippen LogP contribution in [0, 0.1) is 6.92 Å². The minimum atomic E-state index is -0.747. The first-order chi connectivity index (χ1) is 11.6. The molecule has 0 bridgehead atoms. The topological polar surface area (TPSA) is 116 Å².